The molecule has 0 atom stereocenters. The molecule has 0 aliphatic rings. The van der Waals surface area contributed by atoms with Crippen LogP contribution in [0.2, 0.25) is 0 Å². The molecule has 0 aliphatic carbocycles. The summed E-state index contributed by atoms with van der Waals surface area (Å²) >= 11 is 0. The van der Waals surface area contributed by atoms with Crippen molar-refractivity contribution in [2.24, 2.45) is 0 Å². The van der Waals surface area contributed by atoms with Crippen molar-refractivity contribution in [2.45, 2.75) is 26.2 Å². The molecule has 0 unspecified atom stereocenters. The lowest BCUT2D eigenvalue weighted by Crippen LogP contribution is -2.55. The van der Waals surface area contributed by atoms with Crippen molar-refractivity contribution >= 4 is 88.5 Å². The van der Waals surface area contributed by atoms with E-state index in [1.165, 1.54) is 54.8 Å². The second-order valence-electron chi connectivity index (χ2n) is 9.21. The van der Waals surface area contributed by atoms with Crippen LogP contribution in [0, 0.1) is 0 Å². The van der Waals surface area contributed by atoms with Crippen LogP contribution < -0.4 is 27.3 Å². The molecule has 0 amide bonds. The van der Waals surface area contributed by atoms with Gasteiger partial charge >= 0.3 is 0 Å². The molecule has 0 bridgehead atoms. The second kappa shape index (κ2) is 6.41. The van der Waals surface area contributed by atoms with Crippen LogP contribution in [-0.4, -0.2) is 39.2 Å². The predicted molar refractivity (Wildman–Crippen MR) is 139 cm³/mol. The van der Waals surface area contributed by atoms with E-state index < -0.39 is 0 Å². The minimum absolute atomic E-state index is 0.0334. The highest BCUT2D eigenvalue weighted by Gasteiger charge is 2.27. The van der Waals surface area contributed by atoms with Gasteiger partial charge in [-0.25, -0.2) is 0 Å². The van der Waals surface area contributed by atoms with Crippen LogP contribution >= 0.6 is 0 Å². The minimum Gasteiger partial charge on any atom is -0.456 e. The summed E-state index contributed by atoms with van der Waals surface area (Å²) in [6.07, 6.45) is 0. The number of para-hydroxylation sites is 1. The highest BCUT2D eigenvalue weighted by atomic mass is 16.3. The molecular formula is C22H25B5O. The molecule has 1 heterocycles. The number of hydrogen-bond acceptors (Lipinski definition) is 1. The molecule has 1 aromatic heterocycles. The van der Waals surface area contributed by atoms with Crippen LogP contribution in [0.5, 0.6) is 0 Å². The van der Waals surface area contributed by atoms with Gasteiger partial charge in [0.05, 0.1) is 0 Å². The average molecular weight is 360 g/mol. The Hall–Kier alpha value is -2.22. The van der Waals surface area contributed by atoms with Crippen molar-refractivity contribution in [1.82, 2.24) is 0 Å². The first kappa shape index (κ1) is 19.1. The van der Waals surface area contributed by atoms with Gasteiger partial charge in [-0.1, -0.05) is 56.0 Å². The van der Waals surface area contributed by atoms with Gasteiger partial charge in [-0.2, -0.15) is 0 Å². The first-order valence-electron chi connectivity index (χ1n) is 10.1. The molecule has 0 fully saturated rings. The van der Waals surface area contributed by atoms with Crippen molar-refractivity contribution in [3.63, 3.8) is 0 Å². The summed E-state index contributed by atoms with van der Waals surface area (Å²) in [5.74, 6) is 0. The third kappa shape index (κ3) is 2.69. The topological polar surface area (TPSA) is 13.1 Å². The highest BCUT2D eigenvalue weighted by Crippen LogP contribution is 2.41. The second-order valence-corrected chi connectivity index (χ2v) is 9.21. The molecule has 0 aliphatic heterocycles. The van der Waals surface area contributed by atoms with Crippen molar-refractivity contribution < 1.29 is 4.42 Å². The summed E-state index contributed by atoms with van der Waals surface area (Å²) in [4.78, 5) is 0. The van der Waals surface area contributed by atoms with E-state index in [9.17, 15) is 0 Å². The van der Waals surface area contributed by atoms with E-state index in [4.69, 9.17) is 4.42 Å². The van der Waals surface area contributed by atoms with E-state index in [2.05, 4.69) is 90.3 Å². The molecule has 28 heavy (non-hydrogen) atoms. The van der Waals surface area contributed by atoms with E-state index >= 15 is 0 Å². The van der Waals surface area contributed by atoms with Crippen molar-refractivity contribution in [1.29, 1.82) is 0 Å². The fourth-order valence-electron chi connectivity index (χ4n) is 4.65. The average Bonchev–Trinajstić information content (AvgIpc) is 3.02. The predicted octanol–water partition coefficient (Wildman–Crippen LogP) is -2.16. The van der Waals surface area contributed by atoms with Crippen molar-refractivity contribution in [3.05, 3.63) is 42.0 Å². The van der Waals surface area contributed by atoms with Crippen LogP contribution in [-0.2, 0) is 5.41 Å². The van der Waals surface area contributed by atoms with Crippen LogP contribution in [0.25, 0.3) is 33.1 Å². The summed E-state index contributed by atoms with van der Waals surface area (Å²) in [5, 5.41) is 2.40. The number of rotatable bonds is 1. The normalized spacial score (nSPS) is 12.1. The largest absolute Gasteiger partial charge is 0.456 e. The van der Waals surface area contributed by atoms with Gasteiger partial charge in [0.2, 0.25) is 0 Å². The smallest absolute Gasteiger partial charge is 0.139 e. The number of furan rings is 1. The third-order valence-corrected chi connectivity index (χ3v) is 6.57. The fourth-order valence-corrected chi connectivity index (χ4v) is 4.65. The number of benzene rings is 3. The molecular weight excluding hydrogens is 334 g/mol. The first-order chi connectivity index (χ1) is 13.1. The van der Waals surface area contributed by atoms with Gasteiger partial charge in [-0.3, -0.25) is 0 Å². The van der Waals surface area contributed by atoms with Crippen LogP contribution in [0.3, 0.4) is 0 Å². The Labute approximate surface area is 172 Å². The summed E-state index contributed by atoms with van der Waals surface area (Å²) in [6.45, 7) is 6.87. The SMILES string of the molecule is Bc1c(B)c(B)c(-c2ccc3c(oc4ccccc43)c2C(C)(C)C)c(B)c1B. The van der Waals surface area contributed by atoms with Gasteiger partial charge in [0.25, 0.3) is 0 Å². The molecule has 134 valence electrons. The van der Waals surface area contributed by atoms with Crippen LogP contribution in [0.1, 0.15) is 26.3 Å². The quantitative estimate of drug-likeness (QED) is 0.353. The van der Waals surface area contributed by atoms with Gasteiger partial charge in [-0.05, 0) is 28.7 Å². The lowest BCUT2D eigenvalue weighted by molar-refractivity contribution is 0.574. The lowest BCUT2D eigenvalue weighted by atomic mass is 9.59. The van der Waals surface area contributed by atoms with Gasteiger partial charge in [0.1, 0.15) is 50.4 Å². The number of fused-ring (bicyclic) bond motifs is 3. The summed E-state index contributed by atoms with van der Waals surface area (Å²) in [5.41, 5.74) is 12.9. The zero-order chi connectivity index (χ0) is 20.4. The van der Waals surface area contributed by atoms with E-state index in [1.807, 2.05) is 6.07 Å². The Morgan fingerprint density at radius 2 is 1.25 bits per heavy atom. The maximum absolute atomic E-state index is 6.44. The fraction of sp³-hybridized carbons (Fsp3) is 0.182. The summed E-state index contributed by atoms with van der Waals surface area (Å²) < 4.78 is 6.44. The van der Waals surface area contributed by atoms with Crippen LogP contribution in [0.15, 0.2) is 40.8 Å². The Morgan fingerprint density at radius 3 is 1.86 bits per heavy atom. The van der Waals surface area contributed by atoms with E-state index in [0.29, 0.717) is 0 Å². The maximum Gasteiger partial charge on any atom is 0.139 e. The monoisotopic (exact) mass is 360 g/mol. The standard InChI is InChI=1S/C22H25B5O/c1-22(2,3)15-12(14-16(23)18(25)20(27)19(26)17(14)24)9-8-11-10-6-4-5-7-13(10)28-21(11)15/h4-9H,23-27H2,1-3H3. The van der Waals surface area contributed by atoms with Gasteiger partial charge in [0, 0.05) is 16.3 Å². The Bertz CT molecular complexity index is 1220. The van der Waals surface area contributed by atoms with Crippen molar-refractivity contribution in [2.75, 3.05) is 0 Å². The zero-order valence-corrected chi connectivity index (χ0v) is 18.4. The van der Waals surface area contributed by atoms with Gasteiger partial charge < -0.3 is 4.42 Å². The Balaban J connectivity index is 2.19. The van der Waals surface area contributed by atoms with E-state index in [-0.39, 0.29) is 5.41 Å². The summed E-state index contributed by atoms with van der Waals surface area (Å²) in [6, 6.07) is 12.9. The van der Waals surface area contributed by atoms with Crippen LogP contribution in [0.4, 0.5) is 0 Å². The molecule has 6 heteroatoms. The molecule has 1 nitrogen and oxygen atoms in total. The van der Waals surface area contributed by atoms with E-state index in [0.717, 1.165) is 11.2 Å². The first-order valence-corrected chi connectivity index (χ1v) is 10.1. The molecule has 0 radical (unpaired) electrons. The molecule has 0 N–H and O–H groups in total. The third-order valence-electron chi connectivity index (χ3n) is 6.57. The molecule has 0 saturated carbocycles. The number of hydrogen-bond donors (Lipinski definition) is 0. The summed E-state index contributed by atoms with van der Waals surface area (Å²) in [7, 11) is 11.3. The molecule has 4 rings (SSSR count). The van der Waals surface area contributed by atoms with Gasteiger partial charge in [0.15, 0.2) is 0 Å². The molecule has 0 spiro atoms. The lowest BCUT2D eigenvalue weighted by Gasteiger charge is -2.27. The maximum atomic E-state index is 6.44. The molecule has 4 aromatic rings. The molecule has 3 aromatic carbocycles. The highest BCUT2D eigenvalue weighted by molar-refractivity contribution is 6.68. The zero-order valence-electron chi connectivity index (χ0n) is 18.4. The van der Waals surface area contributed by atoms with Crippen molar-refractivity contribution in [3.8, 4) is 11.1 Å². The van der Waals surface area contributed by atoms with Gasteiger partial charge in [-0.15, -0.1) is 16.4 Å². The van der Waals surface area contributed by atoms with E-state index in [1.54, 1.807) is 0 Å². The Kier molecular flexibility index (Phi) is 4.37. The molecule has 0 saturated heterocycles. The Morgan fingerprint density at radius 1 is 0.679 bits per heavy atom. The minimum atomic E-state index is -0.0334.